The molecule has 8 heteroatoms. The summed E-state index contributed by atoms with van der Waals surface area (Å²) in [6, 6.07) is 4.06. The predicted octanol–water partition coefficient (Wildman–Crippen LogP) is 0.551. The molecule has 1 aromatic heterocycles. The van der Waals surface area contributed by atoms with Crippen LogP contribution in [0.3, 0.4) is 0 Å². The molecule has 122 valence electrons. The SMILES string of the molecule is Cc1cc(C)c(C2(Cn3c(=O)[nH]c(=O)n(Cl)c3=O)CO2)c(C)c1. The summed E-state index contributed by atoms with van der Waals surface area (Å²) < 4.78 is 6.87. The van der Waals surface area contributed by atoms with Gasteiger partial charge in [-0.15, -0.1) is 0 Å². The third-order valence-corrected chi connectivity index (χ3v) is 4.37. The van der Waals surface area contributed by atoms with Crippen molar-refractivity contribution in [1.29, 1.82) is 0 Å². The van der Waals surface area contributed by atoms with Crippen molar-refractivity contribution in [2.45, 2.75) is 32.9 Å². The van der Waals surface area contributed by atoms with Gasteiger partial charge >= 0.3 is 17.1 Å². The largest absolute Gasteiger partial charge is 0.363 e. The van der Waals surface area contributed by atoms with E-state index in [1.165, 1.54) is 0 Å². The zero-order chi connectivity index (χ0) is 16.9. The maximum atomic E-state index is 12.1. The molecule has 0 bridgehead atoms. The Kier molecular flexibility index (Phi) is 3.57. The lowest BCUT2D eigenvalue weighted by molar-refractivity contribution is 0.267. The van der Waals surface area contributed by atoms with Gasteiger partial charge in [-0.1, -0.05) is 17.7 Å². The minimum Gasteiger partial charge on any atom is -0.363 e. The Morgan fingerprint density at radius 3 is 2.26 bits per heavy atom. The van der Waals surface area contributed by atoms with Crippen molar-refractivity contribution in [2.75, 3.05) is 6.61 Å². The molecule has 1 aliphatic heterocycles. The van der Waals surface area contributed by atoms with E-state index in [1.54, 1.807) is 0 Å². The molecule has 2 heterocycles. The summed E-state index contributed by atoms with van der Waals surface area (Å²) in [5, 5.41) is 0. The number of benzene rings is 1. The fourth-order valence-electron chi connectivity index (χ4n) is 3.18. The monoisotopic (exact) mass is 337 g/mol. The summed E-state index contributed by atoms with van der Waals surface area (Å²) in [5.41, 5.74) is 0.781. The second-order valence-corrected chi connectivity index (χ2v) is 6.28. The van der Waals surface area contributed by atoms with E-state index in [0.717, 1.165) is 26.8 Å². The highest BCUT2D eigenvalue weighted by atomic mass is 35.5. The first-order chi connectivity index (χ1) is 10.7. The third kappa shape index (κ3) is 2.55. The summed E-state index contributed by atoms with van der Waals surface area (Å²) in [4.78, 5) is 37.4. The van der Waals surface area contributed by atoms with E-state index in [1.807, 2.05) is 37.9 Å². The van der Waals surface area contributed by atoms with Crippen molar-refractivity contribution in [1.82, 2.24) is 13.6 Å². The van der Waals surface area contributed by atoms with Crippen molar-refractivity contribution in [3.05, 3.63) is 65.8 Å². The summed E-state index contributed by atoms with van der Waals surface area (Å²) in [7, 11) is 0. The number of aryl methyl sites for hydroxylation is 3. The van der Waals surface area contributed by atoms with E-state index in [-0.39, 0.29) is 6.54 Å². The van der Waals surface area contributed by atoms with Gasteiger partial charge in [-0.2, -0.15) is 4.09 Å². The first kappa shape index (κ1) is 15.8. The fraction of sp³-hybridized carbons (Fsp3) is 0.400. The summed E-state index contributed by atoms with van der Waals surface area (Å²) in [6.45, 7) is 6.33. The maximum absolute atomic E-state index is 12.1. The van der Waals surface area contributed by atoms with Crippen molar-refractivity contribution in [3.8, 4) is 0 Å². The van der Waals surface area contributed by atoms with Crippen molar-refractivity contribution >= 4 is 11.8 Å². The molecule has 3 rings (SSSR count). The van der Waals surface area contributed by atoms with Gasteiger partial charge in [0.15, 0.2) is 0 Å². The predicted molar refractivity (Wildman–Crippen MR) is 85.1 cm³/mol. The summed E-state index contributed by atoms with van der Waals surface area (Å²) >= 11 is 5.59. The fourth-order valence-corrected chi connectivity index (χ4v) is 3.32. The number of nitrogens with one attached hydrogen (secondary N) is 1. The van der Waals surface area contributed by atoms with E-state index in [9.17, 15) is 14.4 Å². The lowest BCUT2D eigenvalue weighted by atomic mass is 9.89. The first-order valence-electron chi connectivity index (χ1n) is 7.10. The van der Waals surface area contributed by atoms with Crippen LogP contribution in [-0.2, 0) is 16.9 Å². The highest BCUT2D eigenvalue weighted by Gasteiger charge is 2.49. The van der Waals surface area contributed by atoms with Gasteiger partial charge in [0.2, 0.25) is 0 Å². The van der Waals surface area contributed by atoms with Crippen LogP contribution >= 0.6 is 11.8 Å². The lowest BCUT2D eigenvalue weighted by Gasteiger charge is -2.19. The molecule has 0 radical (unpaired) electrons. The molecular formula is C15H16ClN3O4. The van der Waals surface area contributed by atoms with Crippen LogP contribution in [0.4, 0.5) is 0 Å². The average molecular weight is 338 g/mol. The minimum absolute atomic E-state index is 0.00108. The Balaban J connectivity index is 2.12. The first-order valence-corrected chi connectivity index (χ1v) is 7.43. The second kappa shape index (κ2) is 5.21. The molecule has 1 fully saturated rings. The molecule has 0 spiro atoms. The van der Waals surface area contributed by atoms with Crippen molar-refractivity contribution in [2.24, 2.45) is 0 Å². The molecule has 0 amide bonds. The van der Waals surface area contributed by atoms with Gasteiger partial charge in [0.1, 0.15) is 5.60 Å². The Morgan fingerprint density at radius 1 is 1.17 bits per heavy atom. The standard InChI is InChI=1S/C15H16ClN3O4/c1-8-4-9(2)11(10(3)5-8)15(7-23-15)6-18-12(20)17-13(21)19(16)14(18)22/h4-5H,6-7H2,1-3H3,(H,17,20,21). The van der Waals surface area contributed by atoms with Gasteiger partial charge in [0, 0.05) is 11.8 Å². The van der Waals surface area contributed by atoms with Crippen LogP contribution in [0.5, 0.6) is 0 Å². The average Bonchev–Trinajstić information content (AvgIpc) is 3.21. The molecule has 1 atom stereocenters. The Morgan fingerprint density at radius 2 is 1.74 bits per heavy atom. The van der Waals surface area contributed by atoms with Crippen LogP contribution in [0, 0.1) is 20.8 Å². The van der Waals surface area contributed by atoms with E-state index < -0.39 is 22.7 Å². The van der Waals surface area contributed by atoms with Crippen LogP contribution in [0.25, 0.3) is 0 Å². The molecule has 1 N–H and O–H groups in total. The van der Waals surface area contributed by atoms with Crippen LogP contribution in [0.15, 0.2) is 26.5 Å². The van der Waals surface area contributed by atoms with Gasteiger partial charge in [-0.05, 0) is 37.5 Å². The molecule has 1 aromatic carbocycles. The van der Waals surface area contributed by atoms with E-state index >= 15 is 0 Å². The van der Waals surface area contributed by atoms with Gasteiger partial charge in [-0.3, -0.25) is 4.98 Å². The van der Waals surface area contributed by atoms with Gasteiger partial charge < -0.3 is 4.74 Å². The number of nitrogens with zero attached hydrogens (tertiary/aromatic N) is 2. The number of aromatic amines is 1. The summed E-state index contributed by atoms with van der Waals surface area (Å²) in [6.07, 6.45) is 0. The van der Waals surface area contributed by atoms with E-state index in [0.29, 0.717) is 10.7 Å². The van der Waals surface area contributed by atoms with Gasteiger partial charge in [0.25, 0.3) is 0 Å². The van der Waals surface area contributed by atoms with Crippen LogP contribution < -0.4 is 17.1 Å². The number of epoxide rings is 1. The summed E-state index contributed by atoms with van der Waals surface area (Å²) in [5.74, 6) is 0. The molecule has 1 aliphatic rings. The molecule has 1 saturated heterocycles. The quantitative estimate of drug-likeness (QED) is 0.828. The van der Waals surface area contributed by atoms with E-state index in [2.05, 4.69) is 0 Å². The number of aromatic nitrogens is 3. The van der Waals surface area contributed by atoms with Crippen LogP contribution in [-0.4, -0.2) is 20.2 Å². The number of hydrogen-bond donors (Lipinski definition) is 1. The Hall–Kier alpha value is -2.12. The molecule has 1 unspecified atom stereocenters. The van der Waals surface area contributed by atoms with Crippen LogP contribution in [0.1, 0.15) is 22.3 Å². The Bertz CT molecular complexity index is 943. The number of ether oxygens (including phenoxy) is 1. The van der Waals surface area contributed by atoms with Gasteiger partial charge in [0.05, 0.1) is 13.2 Å². The molecule has 0 aliphatic carbocycles. The number of hydrogen-bond acceptors (Lipinski definition) is 4. The van der Waals surface area contributed by atoms with Crippen LogP contribution in [0.2, 0.25) is 0 Å². The molecular weight excluding hydrogens is 322 g/mol. The second-order valence-electron chi connectivity index (χ2n) is 5.94. The molecule has 7 nitrogen and oxygen atoms in total. The molecule has 0 saturated carbocycles. The lowest BCUT2D eigenvalue weighted by Crippen LogP contribution is -2.48. The molecule has 2 aromatic rings. The number of rotatable bonds is 3. The van der Waals surface area contributed by atoms with Gasteiger partial charge in [-0.25, -0.2) is 19.0 Å². The zero-order valence-corrected chi connectivity index (χ0v) is 13.7. The minimum atomic E-state index is -0.952. The number of H-pyrrole nitrogens is 1. The van der Waals surface area contributed by atoms with Crippen molar-refractivity contribution in [3.63, 3.8) is 0 Å². The smallest absolute Gasteiger partial charge is 0.351 e. The van der Waals surface area contributed by atoms with E-state index in [4.69, 9.17) is 16.5 Å². The third-order valence-electron chi connectivity index (χ3n) is 4.08. The topological polar surface area (TPSA) is 89.4 Å². The Labute approximate surface area is 136 Å². The maximum Gasteiger partial charge on any atom is 0.351 e. The van der Waals surface area contributed by atoms with Crippen molar-refractivity contribution < 1.29 is 4.74 Å². The highest BCUT2D eigenvalue weighted by Crippen LogP contribution is 2.43. The number of halogens is 1. The highest BCUT2D eigenvalue weighted by molar-refractivity contribution is 6.14. The normalized spacial score (nSPS) is 19.8. The zero-order valence-electron chi connectivity index (χ0n) is 13.0. The molecule has 23 heavy (non-hydrogen) atoms.